The maximum absolute atomic E-state index is 13.2. The zero-order valence-electron chi connectivity index (χ0n) is 14.9. The SMILES string of the molecule is COc1ccc(S(=O)(=O)N2CCCSCC2CN2CCCCC2)cc1. The van der Waals surface area contributed by atoms with Crippen molar-refractivity contribution in [3.8, 4) is 5.75 Å². The first-order valence-corrected chi connectivity index (χ1v) is 11.7. The highest BCUT2D eigenvalue weighted by Gasteiger charge is 2.33. The summed E-state index contributed by atoms with van der Waals surface area (Å²) in [7, 11) is -1.89. The fourth-order valence-electron chi connectivity index (χ4n) is 3.59. The molecule has 0 spiro atoms. The summed E-state index contributed by atoms with van der Waals surface area (Å²) < 4.78 is 33.4. The molecular formula is C18H28N2O3S2. The van der Waals surface area contributed by atoms with Gasteiger partial charge in [-0.05, 0) is 62.4 Å². The topological polar surface area (TPSA) is 49.9 Å². The molecule has 1 aromatic carbocycles. The van der Waals surface area contributed by atoms with Gasteiger partial charge in [-0.1, -0.05) is 6.42 Å². The van der Waals surface area contributed by atoms with Gasteiger partial charge in [0.25, 0.3) is 0 Å². The Labute approximate surface area is 155 Å². The summed E-state index contributed by atoms with van der Waals surface area (Å²) in [6, 6.07) is 6.81. The summed E-state index contributed by atoms with van der Waals surface area (Å²) >= 11 is 1.88. The Kier molecular flexibility index (Phi) is 6.66. The van der Waals surface area contributed by atoms with E-state index in [1.165, 1.54) is 19.3 Å². The maximum atomic E-state index is 13.2. The Hall–Kier alpha value is -0.760. The van der Waals surface area contributed by atoms with Crippen molar-refractivity contribution in [2.45, 2.75) is 36.6 Å². The minimum atomic E-state index is -3.47. The van der Waals surface area contributed by atoms with E-state index in [0.29, 0.717) is 17.2 Å². The van der Waals surface area contributed by atoms with Crippen molar-refractivity contribution >= 4 is 21.8 Å². The summed E-state index contributed by atoms with van der Waals surface area (Å²) in [6.07, 6.45) is 4.66. The minimum absolute atomic E-state index is 0.0534. The molecule has 0 radical (unpaired) electrons. The largest absolute Gasteiger partial charge is 0.497 e. The van der Waals surface area contributed by atoms with Crippen LogP contribution in [0.3, 0.4) is 0 Å². The lowest BCUT2D eigenvalue weighted by Gasteiger charge is -2.35. The van der Waals surface area contributed by atoms with Crippen molar-refractivity contribution in [2.75, 3.05) is 44.8 Å². The lowest BCUT2D eigenvalue weighted by molar-refractivity contribution is 0.183. The number of hydrogen-bond acceptors (Lipinski definition) is 5. The van der Waals surface area contributed by atoms with Gasteiger partial charge in [-0.2, -0.15) is 16.1 Å². The molecule has 0 bridgehead atoms. The van der Waals surface area contributed by atoms with E-state index in [1.807, 2.05) is 11.8 Å². The summed E-state index contributed by atoms with van der Waals surface area (Å²) in [5, 5.41) is 0. The number of ether oxygens (including phenoxy) is 1. The molecule has 3 rings (SSSR count). The summed E-state index contributed by atoms with van der Waals surface area (Å²) in [6.45, 7) is 3.65. The molecule has 2 fully saturated rings. The summed E-state index contributed by atoms with van der Waals surface area (Å²) in [5.41, 5.74) is 0. The van der Waals surface area contributed by atoms with Crippen molar-refractivity contribution in [2.24, 2.45) is 0 Å². The van der Waals surface area contributed by atoms with Gasteiger partial charge < -0.3 is 9.64 Å². The predicted molar refractivity (Wildman–Crippen MR) is 103 cm³/mol. The third-order valence-electron chi connectivity index (χ3n) is 4.97. The average molecular weight is 385 g/mol. The molecule has 0 saturated carbocycles. The van der Waals surface area contributed by atoms with Gasteiger partial charge in [-0.3, -0.25) is 0 Å². The average Bonchev–Trinajstić information content (AvgIpc) is 2.88. The number of sulfonamides is 1. The number of nitrogens with zero attached hydrogens (tertiary/aromatic N) is 2. The van der Waals surface area contributed by atoms with Gasteiger partial charge in [0.05, 0.1) is 12.0 Å². The molecule has 25 heavy (non-hydrogen) atoms. The van der Waals surface area contributed by atoms with Crippen molar-refractivity contribution < 1.29 is 13.2 Å². The van der Waals surface area contributed by atoms with Crippen LogP contribution in [0.25, 0.3) is 0 Å². The van der Waals surface area contributed by atoms with Crippen LogP contribution in [0, 0.1) is 0 Å². The van der Waals surface area contributed by atoms with Crippen LogP contribution in [0.5, 0.6) is 5.75 Å². The Morgan fingerprint density at radius 1 is 1.08 bits per heavy atom. The Balaban J connectivity index is 1.80. The smallest absolute Gasteiger partial charge is 0.243 e. The lowest BCUT2D eigenvalue weighted by atomic mass is 10.1. The molecule has 0 aromatic heterocycles. The van der Waals surface area contributed by atoms with Crippen LogP contribution in [0.2, 0.25) is 0 Å². The van der Waals surface area contributed by atoms with Gasteiger partial charge in [0.2, 0.25) is 10.0 Å². The number of rotatable bonds is 5. The molecule has 2 heterocycles. The normalized spacial score (nSPS) is 24.0. The Bertz CT molecular complexity index is 643. The van der Waals surface area contributed by atoms with E-state index in [1.54, 1.807) is 35.7 Å². The Morgan fingerprint density at radius 2 is 1.80 bits per heavy atom. The van der Waals surface area contributed by atoms with Gasteiger partial charge in [0.15, 0.2) is 0 Å². The Morgan fingerprint density at radius 3 is 2.48 bits per heavy atom. The van der Waals surface area contributed by atoms with Gasteiger partial charge in [-0.25, -0.2) is 8.42 Å². The monoisotopic (exact) mass is 384 g/mol. The number of likely N-dealkylation sites (tertiary alicyclic amines) is 1. The van der Waals surface area contributed by atoms with Crippen molar-refractivity contribution in [1.82, 2.24) is 9.21 Å². The lowest BCUT2D eigenvalue weighted by Crippen LogP contribution is -2.49. The zero-order chi connectivity index (χ0) is 17.7. The first-order valence-electron chi connectivity index (χ1n) is 9.07. The van der Waals surface area contributed by atoms with E-state index in [0.717, 1.165) is 37.6 Å². The van der Waals surface area contributed by atoms with E-state index >= 15 is 0 Å². The highest BCUT2D eigenvalue weighted by atomic mass is 32.2. The number of methoxy groups -OCH3 is 1. The second-order valence-corrected chi connectivity index (χ2v) is 9.78. The van der Waals surface area contributed by atoms with E-state index in [4.69, 9.17) is 4.74 Å². The molecule has 0 aliphatic carbocycles. The number of benzene rings is 1. The van der Waals surface area contributed by atoms with Crippen molar-refractivity contribution in [1.29, 1.82) is 0 Å². The van der Waals surface area contributed by atoms with Crippen LogP contribution in [-0.4, -0.2) is 68.5 Å². The molecule has 1 aromatic rings. The second kappa shape index (κ2) is 8.75. The van der Waals surface area contributed by atoms with E-state index in [-0.39, 0.29) is 6.04 Å². The molecule has 2 aliphatic heterocycles. The first kappa shape index (κ1) is 19.0. The van der Waals surface area contributed by atoms with Gasteiger partial charge in [-0.15, -0.1) is 0 Å². The van der Waals surface area contributed by atoms with Gasteiger partial charge in [0, 0.05) is 24.9 Å². The van der Waals surface area contributed by atoms with E-state index in [2.05, 4.69) is 4.90 Å². The van der Waals surface area contributed by atoms with Crippen LogP contribution < -0.4 is 4.74 Å². The summed E-state index contributed by atoms with van der Waals surface area (Å²) in [4.78, 5) is 2.81. The highest BCUT2D eigenvalue weighted by Crippen LogP contribution is 2.26. The number of thioether (sulfide) groups is 1. The highest BCUT2D eigenvalue weighted by molar-refractivity contribution is 7.99. The third kappa shape index (κ3) is 4.70. The van der Waals surface area contributed by atoms with Gasteiger partial charge >= 0.3 is 0 Å². The fourth-order valence-corrected chi connectivity index (χ4v) is 6.40. The third-order valence-corrected chi connectivity index (χ3v) is 8.13. The second-order valence-electron chi connectivity index (χ2n) is 6.73. The maximum Gasteiger partial charge on any atom is 0.243 e. The molecular weight excluding hydrogens is 356 g/mol. The molecule has 0 N–H and O–H groups in total. The fraction of sp³-hybridized carbons (Fsp3) is 0.667. The van der Waals surface area contributed by atoms with Crippen molar-refractivity contribution in [3.05, 3.63) is 24.3 Å². The quantitative estimate of drug-likeness (QED) is 0.781. The molecule has 1 atom stereocenters. The standard InChI is InChI=1S/C18H28N2O3S2/c1-23-17-6-8-18(9-7-17)25(21,22)20-12-5-13-24-15-16(20)14-19-10-3-2-4-11-19/h6-9,16H,2-5,10-15H2,1H3. The molecule has 1 unspecified atom stereocenters. The zero-order valence-corrected chi connectivity index (χ0v) is 16.5. The molecule has 7 heteroatoms. The van der Waals surface area contributed by atoms with E-state index in [9.17, 15) is 8.42 Å². The van der Waals surface area contributed by atoms with E-state index < -0.39 is 10.0 Å². The van der Waals surface area contributed by atoms with Crippen molar-refractivity contribution in [3.63, 3.8) is 0 Å². The molecule has 5 nitrogen and oxygen atoms in total. The first-order chi connectivity index (χ1) is 12.1. The number of hydrogen-bond donors (Lipinski definition) is 0. The minimum Gasteiger partial charge on any atom is -0.497 e. The van der Waals surface area contributed by atoms with Crippen LogP contribution in [0.15, 0.2) is 29.2 Å². The molecule has 2 saturated heterocycles. The van der Waals surface area contributed by atoms with Gasteiger partial charge in [0.1, 0.15) is 5.75 Å². The van der Waals surface area contributed by atoms with Crippen LogP contribution in [-0.2, 0) is 10.0 Å². The molecule has 140 valence electrons. The van der Waals surface area contributed by atoms with Crippen LogP contribution in [0.4, 0.5) is 0 Å². The van der Waals surface area contributed by atoms with Crippen LogP contribution >= 0.6 is 11.8 Å². The molecule has 0 amide bonds. The summed E-state index contributed by atoms with van der Waals surface area (Å²) in [5.74, 6) is 2.59. The molecule has 2 aliphatic rings. The predicted octanol–water partition coefficient (Wildman–Crippen LogP) is 2.68. The number of piperidine rings is 1. The van der Waals surface area contributed by atoms with Crippen LogP contribution in [0.1, 0.15) is 25.7 Å².